The molecule has 1 aliphatic rings. The zero-order valence-corrected chi connectivity index (χ0v) is 16.7. The quantitative estimate of drug-likeness (QED) is 0.740. The lowest BCUT2D eigenvalue weighted by atomic mass is 10.1. The van der Waals surface area contributed by atoms with Crippen LogP contribution in [0.1, 0.15) is 28.8 Å². The van der Waals surface area contributed by atoms with E-state index in [-0.39, 0.29) is 16.9 Å². The van der Waals surface area contributed by atoms with Gasteiger partial charge in [0, 0.05) is 18.7 Å². The van der Waals surface area contributed by atoms with Crippen molar-refractivity contribution in [3.8, 4) is 5.75 Å². The van der Waals surface area contributed by atoms with Crippen molar-refractivity contribution in [2.75, 3.05) is 25.0 Å². The standard InChI is InChI=1S/C20H24N2O5S/c1-14-12-15(20(23)21-13-17-4-3-11-27-17)5-10-19(14)22-28(24,25)18-8-6-16(26-2)7-9-18/h5-10,12,17,22H,3-4,11,13H2,1-2H3,(H,21,23)/t17-/m0/s1. The van der Waals surface area contributed by atoms with Gasteiger partial charge in [0.05, 0.1) is 23.8 Å². The van der Waals surface area contributed by atoms with Gasteiger partial charge >= 0.3 is 0 Å². The third kappa shape index (κ3) is 4.82. The van der Waals surface area contributed by atoms with E-state index in [1.54, 1.807) is 37.3 Å². The third-order valence-electron chi connectivity index (χ3n) is 4.62. The van der Waals surface area contributed by atoms with E-state index in [4.69, 9.17) is 9.47 Å². The number of hydrogen-bond donors (Lipinski definition) is 2. The molecule has 1 fully saturated rings. The van der Waals surface area contributed by atoms with E-state index in [2.05, 4.69) is 10.0 Å². The molecule has 0 spiro atoms. The lowest BCUT2D eigenvalue weighted by Gasteiger charge is -2.13. The fourth-order valence-corrected chi connectivity index (χ4v) is 4.12. The van der Waals surface area contributed by atoms with E-state index in [1.165, 1.54) is 19.2 Å². The molecule has 2 aromatic carbocycles. The highest BCUT2D eigenvalue weighted by Crippen LogP contribution is 2.22. The second-order valence-electron chi connectivity index (χ2n) is 6.66. The number of methoxy groups -OCH3 is 1. The van der Waals surface area contributed by atoms with Crippen LogP contribution in [0.2, 0.25) is 0 Å². The van der Waals surface area contributed by atoms with Crippen LogP contribution >= 0.6 is 0 Å². The summed E-state index contributed by atoms with van der Waals surface area (Å²) in [6, 6.07) is 11.0. The molecule has 0 saturated carbocycles. The van der Waals surface area contributed by atoms with Crippen molar-refractivity contribution in [2.45, 2.75) is 30.8 Å². The summed E-state index contributed by atoms with van der Waals surface area (Å²) in [6.07, 6.45) is 2.04. The number of anilines is 1. The third-order valence-corrected chi connectivity index (χ3v) is 6.00. The minimum Gasteiger partial charge on any atom is -0.497 e. The minimum absolute atomic E-state index is 0.0700. The summed E-state index contributed by atoms with van der Waals surface area (Å²) in [5.41, 5.74) is 1.55. The molecular formula is C20H24N2O5S. The summed E-state index contributed by atoms with van der Waals surface area (Å²) in [5, 5.41) is 2.86. The molecule has 0 aromatic heterocycles. The van der Waals surface area contributed by atoms with Crippen molar-refractivity contribution >= 4 is 21.6 Å². The van der Waals surface area contributed by atoms with Gasteiger partial charge in [-0.2, -0.15) is 0 Å². The van der Waals surface area contributed by atoms with E-state index in [0.717, 1.165) is 19.4 Å². The van der Waals surface area contributed by atoms with Gasteiger partial charge in [-0.25, -0.2) is 8.42 Å². The Morgan fingerprint density at radius 1 is 1.21 bits per heavy atom. The molecular weight excluding hydrogens is 380 g/mol. The van der Waals surface area contributed by atoms with Crippen LogP contribution in [-0.2, 0) is 14.8 Å². The maximum absolute atomic E-state index is 12.6. The molecule has 150 valence electrons. The summed E-state index contributed by atoms with van der Waals surface area (Å²) in [4.78, 5) is 12.4. The van der Waals surface area contributed by atoms with Gasteiger partial charge < -0.3 is 14.8 Å². The smallest absolute Gasteiger partial charge is 0.261 e. The van der Waals surface area contributed by atoms with E-state index < -0.39 is 10.0 Å². The Morgan fingerprint density at radius 2 is 1.96 bits per heavy atom. The first-order valence-electron chi connectivity index (χ1n) is 9.06. The molecule has 1 amide bonds. The van der Waals surface area contributed by atoms with Crippen LogP contribution in [0.25, 0.3) is 0 Å². The largest absolute Gasteiger partial charge is 0.497 e. The Labute approximate surface area is 165 Å². The Balaban J connectivity index is 1.68. The van der Waals surface area contributed by atoms with Crippen molar-refractivity contribution in [1.82, 2.24) is 5.32 Å². The summed E-state index contributed by atoms with van der Waals surface area (Å²) in [5.74, 6) is 0.372. The Hall–Kier alpha value is -2.58. The van der Waals surface area contributed by atoms with Crippen LogP contribution in [0.5, 0.6) is 5.75 Å². The fraction of sp³-hybridized carbons (Fsp3) is 0.350. The molecule has 0 unspecified atom stereocenters. The Bertz CT molecular complexity index is 936. The maximum Gasteiger partial charge on any atom is 0.261 e. The number of ether oxygens (including phenoxy) is 2. The Kier molecular flexibility index (Phi) is 6.21. The molecule has 2 N–H and O–H groups in total. The molecule has 0 radical (unpaired) electrons. The van der Waals surface area contributed by atoms with Crippen molar-refractivity contribution in [1.29, 1.82) is 0 Å². The number of aryl methyl sites for hydroxylation is 1. The van der Waals surface area contributed by atoms with Crippen LogP contribution in [-0.4, -0.2) is 40.7 Å². The van der Waals surface area contributed by atoms with Gasteiger partial charge in [0.2, 0.25) is 0 Å². The highest BCUT2D eigenvalue weighted by Gasteiger charge is 2.18. The number of rotatable bonds is 7. The van der Waals surface area contributed by atoms with Gasteiger partial charge in [-0.05, 0) is 67.8 Å². The first-order chi connectivity index (χ1) is 13.4. The molecule has 1 aliphatic heterocycles. The van der Waals surface area contributed by atoms with Crippen LogP contribution in [0.3, 0.4) is 0 Å². The number of carbonyl (C=O) groups excluding carboxylic acids is 1. The number of benzene rings is 2. The summed E-state index contributed by atoms with van der Waals surface area (Å²) in [6.45, 7) is 2.97. The fourth-order valence-electron chi connectivity index (χ4n) is 2.99. The van der Waals surface area contributed by atoms with Crippen LogP contribution in [0, 0.1) is 6.92 Å². The van der Waals surface area contributed by atoms with Crippen LogP contribution < -0.4 is 14.8 Å². The van der Waals surface area contributed by atoms with Crippen LogP contribution in [0.15, 0.2) is 47.4 Å². The van der Waals surface area contributed by atoms with Gasteiger partial charge in [-0.1, -0.05) is 0 Å². The van der Waals surface area contributed by atoms with E-state index in [9.17, 15) is 13.2 Å². The van der Waals surface area contributed by atoms with Crippen molar-refractivity contribution in [3.63, 3.8) is 0 Å². The number of sulfonamides is 1. The number of carbonyl (C=O) groups is 1. The summed E-state index contributed by atoms with van der Waals surface area (Å²) < 4.78 is 38.3. The van der Waals surface area contributed by atoms with Gasteiger partial charge in [-0.3, -0.25) is 9.52 Å². The molecule has 7 nitrogen and oxygen atoms in total. The first kappa shape index (κ1) is 20.2. The SMILES string of the molecule is COc1ccc(S(=O)(=O)Nc2ccc(C(=O)NC[C@@H]3CCCO3)cc2C)cc1. The minimum atomic E-state index is -3.74. The Morgan fingerprint density at radius 3 is 2.57 bits per heavy atom. The average molecular weight is 404 g/mol. The lowest BCUT2D eigenvalue weighted by molar-refractivity contribution is 0.0857. The molecule has 28 heavy (non-hydrogen) atoms. The van der Waals surface area contributed by atoms with Crippen LogP contribution in [0.4, 0.5) is 5.69 Å². The zero-order valence-electron chi connectivity index (χ0n) is 15.9. The second kappa shape index (κ2) is 8.62. The molecule has 0 bridgehead atoms. The van der Waals surface area contributed by atoms with Gasteiger partial charge in [0.25, 0.3) is 15.9 Å². The topological polar surface area (TPSA) is 93.7 Å². The highest BCUT2D eigenvalue weighted by atomic mass is 32.2. The average Bonchev–Trinajstić information content (AvgIpc) is 3.21. The van der Waals surface area contributed by atoms with E-state index in [1.807, 2.05) is 0 Å². The molecule has 1 atom stereocenters. The number of hydrogen-bond acceptors (Lipinski definition) is 5. The molecule has 8 heteroatoms. The van der Waals surface area contributed by atoms with Crippen molar-refractivity contribution in [2.24, 2.45) is 0 Å². The predicted octanol–water partition coefficient (Wildman–Crippen LogP) is 2.71. The second-order valence-corrected chi connectivity index (χ2v) is 8.34. The summed E-state index contributed by atoms with van der Waals surface area (Å²) in [7, 11) is -2.22. The van der Waals surface area contributed by atoms with Gasteiger partial charge in [0.15, 0.2) is 0 Å². The predicted molar refractivity (Wildman–Crippen MR) is 106 cm³/mol. The molecule has 2 aromatic rings. The molecule has 0 aliphatic carbocycles. The van der Waals surface area contributed by atoms with Gasteiger partial charge in [0.1, 0.15) is 5.75 Å². The molecule has 3 rings (SSSR count). The van der Waals surface area contributed by atoms with E-state index in [0.29, 0.717) is 29.1 Å². The van der Waals surface area contributed by atoms with E-state index >= 15 is 0 Å². The monoisotopic (exact) mass is 404 g/mol. The maximum atomic E-state index is 12.6. The summed E-state index contributed by atoms with van der Waals surface area (Å²) >= 11 is 0. The number of amides is 1. The number of nitrogens with one attached hydrogen (secondary N) is 2. The molecule has 1 heterocycles. The van der Waals surface area contributed by atoms with Gasteiger partial charge in [-0.15, -0.1) is 0 Å². The lowest BCUT2D eigenvalue weighted by Crippen LogP contribution is -2.31. The zero-order chi connectivity index (χ0) is 20.1. The first-order valence-corrected chi connectivity index (χ1v) is 10.5. The molecule has 1 saturated heterocycles. The normalized spacial score (nSPS) is 16.6. The highest BCUT2D eigenvalue weighted by molar-refractivity contribution is 7.92. The van der Waals surface area contributed by atoms with Crippen molar-refractivity contribution < 1.29 is 22.7 Å². The van der Waals surface area contributed by atoms with Crippen molar-refractivity contribution in [3.05, 3.63) is 53.6 Å².